The van der Waals surface area contributed by atoms with E-state index in [1.54, 1.807) is 30.3 Å². The van der Waals surface area contributed by atoms with Gasteiger partial charge in [-0.05, 0) is 43.2 Å². The van der Waals surface area contributed by atoms with Crippen LogP contribution in [0.1, 0.15) is 12.5 Å². The summed E-state index contributed by atoms with van der Waals surface area (Å²) in [6.45, 7) is 1.76. The summed E-state index contributed by atoms with van der Waals surface area (Å²) >= 11 is 0. The highest BCUT2D eigenvalue weighted by Gasteiger charge is 2.21. The normalized spacial score (nSPS) is 12.6. The van der Waals surface area contributed by atoms with Gasteiger partial charge in [0.1, 0.15) is 5.82 Å². The van der Waals surface area contributed by atoms with Gasteiger partial charge in [0.2, 0.25) is 15.9 Å². The van der Waals surface area contributed by atoms with Crippen LogP contribution in [0.3, 0.4) is 0 Å². The van der Waals surface area contributed by atoms with Gasteiger partial charge in [0.25, 0.3) is 0 Å². The third kappa shape index (κ3) is 5.14. The zero-order chi connectivity index (χ0) is 17.6. The summed E-state index contributed by atoms with van der Waals surface area (Å²) in [6.07, 6.45) is 0.460. The Balaban J connectivity index is 1.86. The van der Waals surface area contributed by atoms with Crippen LogP contribution in [0.2, 0.25) is 0 Å². The highest BCUT2D eigenvalue weighted by atomic mass is 32.2. The fourth-order valence-electron chi connectivity index (χ4n) is 2.13. The number of hydrogen-bond acceptors (Lipinski definition) is 3. The smallest absolute Gasteiger partial charge is 0.241 e. The lowest BCUT2D eigenvalue weighted by Gasteiger charge is -2.14. The molecular formula is C17H19FN2O3S. The number of hydrogen-bond donors (Lipinski definition) is 2. The van der Waals surface area contributed by atoms with E-state index in [9.17, 15) is 17.6 Å². The molecule has 1 atom stereocenters. The van der Waals surface area contributed by atoms with Crippen molar-refractivity contribution in [2.24, 2.45) is 0 Å². The van der Waals surface area contributed by atoms with Crippen LogP contribution in [-0.2, 0) is 21.2 Å². The standard InChI is InChI=1S/C17H19FN2O3S/c1-13(20-24(22,23)16-8-3-2-4-9-16)17(21)19-11-10-14-6-5-7-15(18)12-14/h2-9,12-13,20H,10-11H2,1H3,(H,19,21)/t13-/m0/s1. The molecule has 1 amide bonds. The molecule has 0 aromatic heterocycles. The van der Waals surface area contributed by atoms with Gasteiger partial charge < -0.3 is 5.32 Å². The predicted molar refractivity (Wildman–Crippen MR) is 89.3 cm³/mol. The number of amides is 1. The number of carbonyl (C=O) groups excluding carboxylic acids is 1. The second kappa shape index (κ2) is 8.03. The number of carbonyl (C=O) groups is 1. The highest BCUT2D eigenvalue weighted by Crippen LogP contribution is 2.08. The molecule has 2 rings (SSSR count). The molecule has 0 saturated heterocycles. The van der Waals surface area contributed by atoms with Crippen LogP contribution in [0.4, 0.5) is 4.39 Å². The van der Waals surface area contributed by atoms with Crippen molar-refractivity contribution in [3.63, 3.8) is 0 Å². The molecule has 24 heavy (non-hydrogen) atoms. The molecule has 0 saturated carbocycles. The van der Waals surface area contributed by atoms with E-state index in [0.717, 1.165) is 5.56 Å². The molecule has 7 heteroatoms. The summed E-state index contributed by atoms with van der Waals surface area (Å²) in [4.78, 5) is 12.1. The molecule has 0 bridgehead atoms. The van der Waals surface area contributed by atoms with Gasteiger partial charge in [0.05, 0.1) is 10.9 Å². The molecule has 0 unspecified atom stereocenters. The largest absolute Gasteiger partial charge is 0.354 e. The summed E-state index contributed by atoms with van der Waals surface area (Å²) < 4.78 is 39.7. The first kappa shape index (κ1) is 18.1. The predicted octanol–water partition coefficient (Wildman–Crippen LogP) is 1.85. The molecule has 0 aliphatic carbocycles. The van der Waals surface area contributed by atoms with E-state index in [4.69, 9.17) is 0 Å². The van der Waals surface area contributed by atoms with Crippen LogP contribution in [-0.4, -0.2) is 26.9 Å². The summed E-state index contributed by atoms with van der Waals surface area (Å²) in [5.74, 6) is -0.770. The number of rotatable bonds is 7. The molecule has 2 aromatic carbocycles. The number of sulfonamides is 1. The third-order valence-corrected chi connectivity index (χ3v) is 4.94. The Morgan fingerprint density at radius 3 is 2.50 bits per heavy atom. The van der Waals surface area contributed by atoms with Crippen LogP contribution in [0.15, 0.2) is 59.5 Å². The maximum atomic E-state index is 13.1. The molecule has 2 N–H and O–H groups in total. The van der Waals surface area contributed by atoms with Crippen molar-refractivity contribution in [2.45, 2.75) is 24.3 Å². The zero-order valence-electron chi connectivity index (χ0n) is 13.2. The first-order valence-electron chi connectivity index (χ1n) is 7.48. The van der Waals surface area contributed by atoms with Crippen molar-refractivity contribution < 1.29 is 17.6 Å². The van der Waals surface area contributed by atoms with Gasteiger partial charge in [-0.1, -0.05) is 30.3 Å². The van der Waals surface area contributed by atoms with Crippen LogP contribution >= 0.6 is 0 Å². The lowest BCUT2D eigenvalue weighted by Crippen LogP contribution is -2.45. The van der Waals surface area contributed by atoms with E-state index in [1.807, 2.05) is 0 Å². The van der Waals surface area contributed by atoms with Gasteiger partial charge in [0.15, 0.2) is 0 Å². The van der Waals surface area contributed by atoms with Crippen molar-refractivity contribution in [1.82, 2.24) is 10.0 Å². The Labute approximate surface area is 141 Å². The average Bonchev–Trinajstić information content (AvgIpc) is 2.55. The van der Waals surface area contributed by atoms with Crippen LogP contribution in [0, 0.1) is 5.82 Å². The SMILES string of the molecule is C[C@H](NS(=O)(=O)c1ccccc1)C(=O)NCCc1cccc(F)c1. The van der Waals surface area contributed by atoms with Crippen LogP contribution in [0.5, 0.6) is 0 Å². The second-order valence-corrected chi connectivity index (χ2v) is 7.04. The summed E-state index contributed by atoms with van der Waals surface area (Å²) in [6, 6.07) is 13.0. The van der Waals surface area contributed by atoms with Crippen molar-refractivity contribution in [2.75, 3.05) is 6.54 Å². The third-order valence-electron chi connectivity index (χ3n) is 3.38. The molecule has 0 spiro atoms. The Morgan fingerprint density at radius 2 is 1.83 bits per heavy atom. The van der Waals surface area contributed by atoms with E-state index in [1.165, 1.54) is 31.2 Å². The quantitative estimate of drug-likeness (QED) is 0.800. The van der Waals surface area contributed by atoms with Crippen LogP contribution in [0.25, 0.3) is 0 Å². The minimum atomic E-state index is -3.75. The van der Waals surface area contributed by atoms with E-state index in [0.29, 0.717) is 13.0 Å². The zero-order valence-corrected chi connectivity index (χ0v) is 14.0. The summed E-state index contributed by atoms with van der Waals surface area (Å²) in [5, 5.41) is 2.64. The van der Waals surface area contributed by atoms with Crippen molar-refractivity contribution in [3.8, 4) is 0 Å². The van der Waals surface area contributed by atoms with Gasteiger partial charge >= 0.3 is 0 Å². The first-order valence-corrected chi connectivity index (χ1v) is 8.96. The summed E-state index contributed by atoms with van der Waals surface area (Å²) in [5.41, 5.74) is 0.757. The molecule has 0 heterocycles. The molecule has 0 fully saturated rings. The van der Waals surface area contributed by atoms with E-state index < -0.39 is 22.0 Å². The molecule has 0 aliphatic heterocycles. The number of benzene rings is 2. The Hall–Kier alpha value is -2.25. The van der Waals surface area contributed by atoms with Crippen molar-refractivity contribution in [3.05, 3.63) is 66.0 Å². The van der Waals surface area contributed by atoms with Gasteiger partial charge in [-0.15, -0.1) is 0 Å². The maximum absolute atomic E-state index is 13.1. The van der Waals surface area contributed by atoms with E-state index in [-0.39, 0.29) is 10.7 Å². The van der Waals surface area contributed by atoms with Gasteiger partial charge in [-0.3, -0.25) is 4.79 Å². The number of halogens is 1. The fraction of sp³-hybridized carbons (Fsp3) is 0.235. The fourth-order valence-corrected chi connectivity index (χ4v) is 3.35. The number of nitrogens with one attached hydrogen (secondary N) is 2. The average molecular weight is 350 g/mol. The minimum absolute atomic E-state index is 0.101. The molecule has 128 valence electrons. The van der Waals surface area contributed by atoms with E-state index in [2.05, 4.69) is 10.0 Å². The molecule has 5 nitrogen and oxygen atoms in total. The summed E-state index contributed by atoms with van der Waals surface area (Å²) in [7, 11) is -3.75. The molecule has 0 aliphatic rings. The lowest BCUT2D eigenvalue weighted by molar-refractivity contribution is -0.122. The highest BCUT2D eigenvalue weighted by molar-refractivity contribution is 7.89. The second-order valence-electron chi connectivity index (χ2n) is 5.33. The molecule has 2 aromatic rings. The van der Waals surface area contributed by atoms with Gasteiger partial charge in [-0.25, -0.2) is 12.8 Å². The Morgan fingerprint density at radius 1 is 1.12 bits per heavy atom. The molecular weight excluding hydrogens is 331 g/mol. The Kier molecular flexibility index (Phi) is 6.05. The van der Waals surface area contributed by atoms with E-state index >= 15 is 0 Å². The van der Waals surface area contributed by atoms with Gasteiger partial charge in [-0.2, -0.15) is 4.72 Å². The monoisotopic (exact) mass is 350 g/mol. The van der Waals surface area contributed by atoms with Gasteiger partial charge in [0, 0.05) is 6.54 Å². The van der Waals surface area contributed by atoms with Crippen molar-refractivity contribution >= 4 is 15.9 Å². The molecule has 0 radical (unpaired) electrons. The minimum Gasteiger partial charge on any atom is -0.354 e. The Bertz CT molecular complexity index is 794. The topological polar surface area (TPSA) is 75.3 Å². The lowest BCUT2D eigenvalue weighted by atomic mass is 10.1. The first-order chi connectivity index (χ1) is 11.4. The van der Waals surface area contributed by atoms with Crippen LogP contribution < -0.4 is 10.0 Å². The maximum Gasteiger partial charge on any atom is 0.241 e. The van der Waals surface area contributed by atoms with Crippen molar-refractivity contribution in [1.29, 1.82) is 0 Å².